The number of carbonyl (C=O) groups excluding carboxylic acids is 2. The summed E-state index contributed by atoms with van der Waals surface area (Å²) in [5.41, 5.74) is 0.254. The van der Waals surface area contributed by atoms with Crippen LogP contribution in [0.2, 0.25) is 0 Å². The topological polar surface area (TPSA) is 77.5 Å². The summed E-state index contributed by atoms with van der Waals surface area (Å²) in [5.74, 6) is -0.598. The molecule has 0 saturated heterocycles. The number of nitrogens with one attached hydrogen (secondary N) is 1. The lowest BCUT2D eigenvalue weighted by Gasteiger charge is -2.12. The van der Waals surface area contributed by atoms with Gasteiger partial charge in [0.05, 0.1) is 12.7 Å². The summed E-state index contributed by atoms with van der Waals surface area (Å²) in [5, 5.41) is 2.54. The predicted molar refractivity (Wildman–Crippen MR) is 68.9 cm³/mol. The molecule has 0 aliphatic heterocycles. The molecule has 6 nitrogen and oxygen atoms in total. The van der Waals surface area contributed by atoms with E-state index in [-0.39, 0.29) is 11.5 Å². The minimum Gasteiger partial charge on any atom is -0.481 e. The number of methoxy groups -OCH3 is 1. The van der Waals surface area contributed by atoms with Gasteiger partial charge in [0, 0.05) is 18.8 Å². The largest absolute Gasteiger partial charge is 0.481 e. The Hall–Kier alpha value is -2.37. The lowest BCUT2D eigenvalue weighted by atomic mass is 10.3. The third-order valence-electron chi connectivity index (χ3n) is 2.25. The molecule has 1 N–H and O–H groups in total. The van der Waals surface area contributed by atoms with Gasteiger partial charge in [0.15, 0.2) is 6.10 Å². The van der Waals surface area contributed by atoms with Gasteiger partial charge < -0.3 is 14.8 Å². The van der Waals surface area contributed by atoms with Crippen LogP contribution in [0.15, 0.2) is 31.0 Å². The van der Waals surface area contributed by atoms with Gasteiger partial charge in [0.1, 0.15) is 0 Å². The number of ether oxygens (including phenoxy) is 2. The zero-order valence-electron chi connectivity index (χ0n) is 10.9. The van der Waals surface area contributed by atoms with Crippen LogP contribution in [0.4, 0.5) is 0 Å². The molecule has 0 spiro atoms. The number of hydrogen-bond acceptors (Lipinski definition) is 5. The Morgan fingerprint density at radius 2 is 2.26 bits per heavy atom. The Morgan fingerprint density at radius 3 is 2.79 bits per heavy atom. The zero-order valence-corrected chi connectivity index (χ0v) is 10.9. The fraction of sp³-hybridized carbons (Fsp3) is 0.308. The van der Waals surface area contributed by atoms with Crippen LogP contribution in [0.3, 0.4) is 0 Å². The Bertz CT molecular complexity index is 456. The van der Waals surface area contributed by atoms with Crippen LogP contribution in [-0.2, 0) is 9.53 Å². The fourth-order valence-corrected chi connectivity index (χ4v) is 1.22. The molecule has 0 aromatic carbocycles. The van der Waals surface area contributed by atoms with Gasteiger partial charge in [-0.15, -0.1) is 6.58 Å². The highest BCUT2D eigenvalue weighted by Crippen LogP contribution is 2.08. The van der Waals surface area contributed by atoms with Gasteiger partial charge in [-0.3, -0.25) is 4.79 Å². The maximum Gasteiger partial charge on any atom is 0.340 e. The van der Waals surface area contributed by atoms with E-state index >= 15 is 0 Å². The molecule has 1 aromatic rings. The van der Waals surface area contributed by atoms with Crippen molar-refractivity contribution in [3.05, 3.63) is 36.5 Å². The molecular weight excluding hydrogens is 248 g/mol. The number of pyridine rings is 1. The molecular formula is C13H16N2O4. The second-order valence-corrected chi connectivity index (χ2v) is 3.67. The standard InChI is InChI=1S/C13H16N2O4/c1-4-7-14-12(16)9(2)19-13(17)10-5-6-11(18-3)15-8-10/h4-6,8-9H,1,7H2,2-3H3,(H,14,16). The Balaban J connectivity index is 2.57. The van der Waals surface area contributed by atoms with E-state index in [0.29, 0.717) is 12.4 Å². The highest BCUT2D eigenvalue weighted by molar-refractivity contribution is 5.91. The van der Waals surface area contributed by atoms with Crippen molar-refractivity contribution in [1.29, 1.82) is 0 Å². The summed E-state index contributed by atoms with van der Waals surface area (Å²) in [4.78, 5) is 27.1. The molecule has 19 heavy (non-hydrogen) atoms. The molecule has 1 atom stereocenters. The van der Waals surface area contributed by atoms with Crippen molar-refractivity contribution in [1.82, 2.24) is 10.3 Å². The summed E-state index contributed by atoms with van der Waals surface area (Å²) >= 11 is 0. The summed E-state index contributed by atoms with van der Waals surface area (Å²) in [7, 11) is 1.48. The SMILES string of the molecule is C=CCNC(=O)C(C)OC(=O)c1ccc(OC)nc1. The lowest BCUT2D eigenvalue weighted by Crippen LogP contribution is -2.35. The van der Waals surface area contributed by atoms with Gasteiger partial charge >= 0.3 is 5.97 Å². The molecule has 1 aromatic heterocycles. The van der Waals surface area contributed by atoms with E-state index in [9.17, 15) is 9.59 Å². The fourth-order valence-electron chi connectivity index (χ4n) is 1.22. The van der Waals surface area contributed by atoms with Crippen LogP contribution < -0.4 is 10.1 Å². The van der Waals surface area contributed by atoms with Gasteiger partial charge in [-0.1, -0.05) is 6.08 Å². The number of rotatable bonds is 6. The molecule has 1 heterocycles. The van der Waals surface area contributed by atoms with Crippen molar-refractivity contribution < 1.29 is 19.1 Å². The van der Waals surface area contributed by atoms with E-state index in [1.54, 1.807) is 12.1 Å². The van der Waals surface area contributed by atoms with Crippen molar-refractivity contribution >= 4 is 11.9 Å². The Labute approximate surface area is 111 Å². The van der Waals surface area contributed by atoms with Crippen LogP contribution in [0.1, 0.15) is 17.3 Å². The number of aromatic nitrogens is 1. The van der Waals surface area contributed by atoms with Gasteiger partial charge in [-0.25, -0.2) is 9.78 Å². The van der Waals surface area contributed by atoms with Crippen LogP contribution in [0.25, 0.3) is 0 Å². The average molecular weight is 264 g/mol. The van der Waals surface area contributed by atoms with Crippen molar-refractivity contribution in [2.24, 2.45) is 0 Å². The number of esters is 1. The normalized spacial score (nSPS) is 11.3. The molecule has 102 valence electrons. The number of nitrogens with zero attached hydrogens (tertiary/aromatic N) is 1. The molecule has 0 fully saturated rings. The van der Waals surface area contributed by atoms with Crippen LogP contribution >= 0.6 is 0 Å². The average Bonchev–Trinajstić information content (AvgIpc) is 2.44. The Kier molecular flexibility index (Phi) is 5.53. The zero-order chi connectivity index (χ0) is 14.3. The van der Waals surface area contributed by atoms with Crippen molar-refractivity contribution in [2.75, 3.05) is 13.7 Å². The second kappa shape index (κ2) is 7.15. The van der Waals surface area contributed by atoms with Gasteiger partial charge in [-0.2, -0.15) is 0 Å². The second-order valence-electron chi connectivity index (χ2n) is 3.67. The first kappa shape index (κ1) is 14.7. The minimum absolute atomic E-state index is 0.254. The van der Waals surface area contributed by atoms with E-state index in [1.807, 2.05) is 0 Å². The highest BCUT2D eigenvalue weighted by atomic mass is 16.5. The first-order valence-electron chi connectivity index (χ1n) is 5.68. The lowest BCUT2D eigenvalue weighted by molar-refractivity contribution is -0.128. The van der Waals surface area contributed by atoms with E-state index in [4.69, 9.17) is 9.47 Å². The van der Waals surface area contributed by atoms with Gasteiger partial charge in [-0.05, 0) is 13.0 Å². The molecule has 0 bridgehead atoms. The molecule has 6 heteroatoms. The van der Waals surface area contributed by atoms with Crippen molar-refractivity contribution in [3.63, 3.8) is 0 Å². The molecule has 1 amide bonds. The summed E-state index contributed by atoms with van der Waals surface area (Å²) in [6.07, 6.45) is 1.99. The molecule has 1 unspecified atom stereocenters. The molecule has 0 aliphatic carbocycles. The first-order chi connectivity index (χ1) is 9.08. The molecule has 1 rings (SSSR count). The van der Waals surface area contributed by atoms with E-state index < -0.39 is 12.1 Å². The van der Waals surface area contributed by atoms with Gasteiger partial charge in [0.25, 0.3) is 5.91 Å². The number of carbonyl (C=O) groups is 2. The monoisotopic (exact) mass is 264 g/mol. The Morgan fingerprint density at radius 1 is 1.53 bits per heavy atom. The highest BCUT2D eigenvalue weighted by Gasteiger charge is 2.18. The molecule has 0 aliphatic rings. The number of hydrogen-bond donors (Lipinski definition) is 1. The van der Waals surface area contributed by atoms with E-state index in [2.05, 4.69) is 16.9 Å². The third kappa shape index (κ3) is 4.42. The maximum absolute atomic E-state index is 11.7. The predicted octanol–water partition coefficient (Wildman–Crippen LogP) is 0.938. The maximum atomic E-state index is 11.7. The number of amides is 1. The molecule has 0 radical (unpaired) electrons. The quantitative estimate of drug-likeness (QED) is 0.611. The van der Waals surface area contributed by atoms with Crippen LogP contribution in [-0.4, -0.2) is 36.6 Å². The summed E-state index contributed by atoms with van der Waals surface area (Å²) in [6.45, 7) is 5.29. The molecule has 0 saturated carbocycles. The smallest absolute Gasteiger partial charge is 0.340 e. The summed E-state index contributed by atoms with van der Waals surface area (Å²) in [6, 6.07) is 3.06. The van der Waals surface area contributed by atoms with Gasteiger partial charge in [0.2, 0.25) is 5.88 Å². The van der Waals surface area contributed by atoms with Crippen LogP contribution in [0.5, 0.6) is 5.88 Å². The first-order valence-corrected chi connectivity index (χ1v) is 5.68. The van der Waals surface area contributed by atoms with Crippen molar-refractivity contribution in [2.45, 2.75) is 13.0 Å². The third-order valence-corrected chi connectivity index (χ3v) is 2.25. The minimum atomic E-state index is -0.880. The van der Waals surface area contributed by atoms with Crippen LogP contribution in [0, 0.1) is 0 Å². The van der Waals surface area contributed by atoms with E-state index in [1.165, 1.54) is 26.3 Å². The summed E-state index contributed by atoms with van der Waals surface area (Å²) < 4.78 is 9.88. The van der Waals surface area contributed by atoms with E-state index in [0.717, 1.165) is 0 Å². The van der Waals surface area contributed by atoms with Crippen molar-refractivity contribution in [3.8, 4) is 5.88 Å².